The summed E-state index contributed by atoms with van der Waals surface area (Å²) in [5.41, 5.74) is 4.58. The van der Waals surface area contributed by atoms with Crippen molar-refractivity contribution in [3.8, 4) is 11.3 Å². The number of anilines is 1. The lowest BCUT2D eigenvalue weighted by Gasteiger charge is -2.17. The quantitative estimate of drug-likeness (QED) is 0.552. The summed E-state index contributed by atoms with van der Waals surface area (Å²) < 4.78 is 15.0. The molecule has 0 unspecified atom stereocenters. The highest BCUT2D eigenvalue weighted by Crippen LogP contribution is 2.22. The molecule has 0 fully saturated rings. The highest BCUT2D eigenvalue weighted by molar-refractivity contribution is 6.04. The molecule has 0 saturated carbocycles. The van der Waals surface area contributed by atoms with E-state index in [9.17, 15) is 9.18 Å². The number of benzene rings is 2. The topological polar surface area (TPSA) is 50.5 Å². The first-order chi connectivity index (χ1) is 13.0. The van der Waals surface area contributed by atoms with E-state index in [0.717, 1.165) is 11.3 Å². The predicted molar refractivity (Wildman–Crippen MR) is 102 cm³/mol. The van der Waals surface area contributed by atoms with Crippen molar-refractivity contribution in [1.82, 2.24) is 14.4 Å². The van der Waals surface area contributed by atoms with Crippen molar-refractivity contribution < 1.29 is 9.18 Å². The van der Waals surface area contributed by atoms with Gasteiger partial charge in [-0.2, -0.15) is 0 Å². The average Bonchev–Trinajstić information content (AvgIpc) is 3.11. The molecule has 5 nitrogen and oxygen atoms in total. The largest absolute Gasteiger partial charge is 0.310 e. The third-order valence-corrected chi connectivity index (χ3v) is 4.48. The molecule has 2 aromatic carbocycles. The molecule has 0 spiro atoms. The number of imidazole rings is 1. The van der Waals surface area contributed by atoms with E-state index in [1.807, 2.05) is 35.6 Å². The van der Waals surface area contributed by atoms with Crippen LogP contribution in [0, 0.1) is 12.7 Å². The van der Waals surface area contributed by atoms with Gasteiger partial charge in [-0.05, 0) is 31.2 Å². The fraction of sp³-hybridized carbons (Fsp3) is 0.0952. The predicted octanol–water partition coefficient (Wildman–Crippen LogP) is 4.12. The number of carbonyl (C=O) groups excluding carboxylic acids is 1. The Kier molecular flexibility index (Phi) is 4.16. The summed E-state index contributed by atoms with van der Waals surface area (Å²) in [5, 5.41) is 0. The Morgan fingerprint density at radius 2 is 1.70 bits per heavy atom. The van der Waals surface area contributed by atoms with Gasteiger partial charge in [0.2, 0.25) is 0 Å². The van der Waals surface area contributed by atoms with Gasteiger partial charge >= 0.3 is 0 Å². The number of hydrogen-bond acceptors (Lipinski definition) is 3. The molecule has 0 N–H and O–H groups in total. The van der Waals surface area contributed by atoms with Crippen LogP contribution in [-0.4, -0.2) is 27.3 Å². The highest BCUT2D eigenvalue weighted by Gasteiger charge is 2.17. The molecule has 27 heavy (non-hydrogen) atoms. The van der Waals surface area contributed by atoms with Gasteiger partial charge in [-0.3, -0.25) is 9.20 Å². The van der Waals surface area contributed by atoms with Gasteiger partial charge < -0.3 is 4.90 Å². The van der Waals surface area contributed by atoms with Crippen LogP contribution in [0.3, 0.4) is 0 Å². The van der Waals surface area contributed by atoms with Crippen LogP contribution in [-0.2, 0) is 0 Å². The number of amides is 1. The molecule has 0 saturated heterocycles. The van der Waals surface area contributed by atoms with Crippen molar-refractivity contribution in [2.45, 2.75) is 6.92 Å². The third-order valence-electron chi connectivity index (χ3n) is 4.48. The van der Waals surface area contributed by atoms with E-state index in [0.29, 0.717) is 11.3 Å². The molecule has 2 aromatic heterocycles. The van der Waals surface area contributed by atoms with Crippen molar-refractivity contribution in [3.05, 3.63) is 84.2 Å². The lowest BCUT2D eigenvalue weighted by molar-refractivity contribution is 0.0988. The third kappa shape index (κ3) is 3.17. The molecular formula is C21H17FN4O. The molecule has 0 radical (unpaired) electrons. The summed E-state index contributed by atoms with van der Waals surface area (Å²) in [6, 6.07) is 13.9. The minimum absolute atomic E-state index is 0.278. The Morgan fingerprint density at radius 3 is 2.41 bits per heavy atom. The van der Waals surface area contributed by atoms with Gasteiger partial charge in [-0.1, -0.05) is 29.8 Å². The summed E-state index contributed by atoms with van der Waals surface area (Å²) in [7, 11) is 1.64. The maximum absolute atomic E-state index is 13.1. The van der Waals surface area contributed by atoms with Crippen molar-refractivity contribution in [3.63, 3.8) is 0 Å². The monoisotopic (exact) mass is 360 g/mol. The molecule has 2 heterocycles. The van der Waals surface area contributed by atoms with Gasteiger partial charge in [0.25, 0.3) is 5.91 Å². The number of nitrogens with zero attached hydrogens (tertiary/aromatic N) is 4. The fourth-order valence-electron chi connectivity index (χ4n) is 2.89. The van der Waals surface area contributed by atoms with E-state index >= 15 is 0 Å². The van der Waals surface area contributed by atoms with Crippen LogP contribution in [0.1, 0.15) is 16.1 Å². The first kappa shape index (κ1) is 16.9. The van der Waals surface area contributed by atoms with E-state index < -0.39 is 0 Å². The SMILES string of the molecule is Cc1ccc(-c2cnc3cnc(C(=O)N(C)c4ccc(F)cc4)cn23)cc1. The van der Waals surface area contributed by atoms with E-state index in [-0.39, 0.29) is 17.4 Å². The Bertz CT molecular complexity index is 1120. The van der Waals surface area contributed by atoms with Crippen molar-refractivity contribution >= 4 is 17.2 Å². The van der Waals surface area contributed by atoms with E-state index in [2.05, 4.69) is 9.97 Å². The zero-order valence-electron chi connectivity index (χ0n) is 14.9. The minimum atomic E-state index is -0.347. The summed E-state index contributed by atoms with van der Waals surface area (Å²) in [6.45, 7) is 2.03. The zero-order valence-corrected chi connectivity index (χ0v) is 14.9. The number of aromatic nitrogens is 3. The van der Waals surface area contributed by atoms with E-state index in [4.69, 9.17) is 0 Å². The number of hydrogen-bond donors (Lipinski definition) is 0. The van der Waals surface area contributed by atoms with Gasteiger partial charge in [0, 0.05) is 24.5 Å². The molecule has 1 amide bonds. The van der Waals surface area contributed by atoms with Crippen LogP contribution in [0.4, 0.5) is 10.1 Å². The number of aryl methyl sites for hydroxylation is 1. The van der Waals surface area contributed by atoms with Crippen LogP contribution in [0.2, 0.25) is 0 Å². The van der Waals surface area contributed by atoms with Crippen molar-refractivity contribution in [2.75, 3.05) is 11.9 Å². The number of fused-ring (bicyclic) bond motifs is 1. The number of carbonyl (C=O) groups is 1. The Balaban J connectivity index is 1.72. The lowest BCUT2D eigenvalue weighted by Crippen LogP contribution is -2.27. The highest BCUT2D eigenvalue weighted by atomic mass is 19.1. The molecular weight excluding hydrogens is 343 g/mol. The van der Waals surface area contributed by atoms with Gasteiger partial charge in [-0.15, -0.1) is 0 Å². The van der Waals surface area contributed by atoms with Crippen molar-refractivity contribution in [1.29, 1.82) is 0 Å². The average molecular weight is 360 g/mol. The summed E-state index contributed by atoms with van der Waals surface area (Å²) in [4.78, 5) is 22.9. The second-order valence-electron chi connectivity index (χ2n) is 6.35. The first-order valence-electron chi connectivity index (χ1n) is 8.47. The second-order valence-corrected chi connectivity index (χ2v) is 6.35. The molecule has 0 bridgehead atoms. The maximum atomic E-state index is 13.1. The lowest BCUT2D eigenvalue weighted by atomic mass is 10.1. The number of halogens is 1. The standard InChI is InChI=1S/C21H17FN4O/c1-14-3-5-15(6-4-14)19-11-24-20-12-23-18(13-26(19)20)21(27)25(2)17-9-7-16(22)8-10-17/h3-13H,1-2H3. The van der Waals surface area contributed by atoms with Gasteiger partial charge in [-0.25, -0.2) is 14.4 Å². The van der Waals surface area contributed by atoms with Crippen LogP contribution < -0.4 is 4.90 Å². The Labute approximate surface area is 155 Å². The Morgan fingerprint density at radius 1 is 1.00 bits per heavy atom. The van der Waals surface area contributed by atoms with Gasteiger partial charge in [0.05, 0.1) is 18.1 Å². The first-order valence-corrected chi connectivity index (χ1v) is 8.47. The summed E-state index contributed by atoms with van der Waals surface area (Å²) in [6.07, 6.45) is 5.02. The molecule has 134 valence electrons. The molecule has 4 aromatic rings. The smallest absolute Gasteiger partial charge is 0.278 e. The maximum Gasteiger partial charge on any atom is 0.278 e. The zero-order chi connectivity index (χ0) is 19.0. The van der Waals surface area contributed by atoms with Crippen LogP contribution >= 0.6 is 0 Å². The normalized spacial score (nSPS) is 10.9. The van der Waals surface area contributed by atoms with Gasteiger partial charge in [0.1, 0.15) is 11.5 Å². The number of rotatable bonds is 3. The molecule has 0 aliphatic carbocycles. The fourth-order valence-corrected chi connectivity index (χ4v) is 2.89. The molecule has 0 aliphatic rings. The van der Waals surface area contributed by atoms with Crippen molar-refractivity contribution in [2.24, 2.45) is 0 Å². The minimum Gasteiger partial charge on any atom is -0.310 e. The Hall–Kier alpha value is -3.54. The second kappa shape index (κ2) is 6.64. The summed E-state index contributed by atoms with van der Waals surface area (Å²) >= 11 is 0. The summed E-state index contributed by atoms with van der Waals surface area (Å²) in [5.74, 6) is -0.632. The van der Waals surface area contributed by atoms with Crippen LogP contribution in [0.5, 0.6) is 0 Å². The van der Waals surface area contributed by atoms with Crippen LogP contribution in [0.15, 0.2) is 67.1 Å². The van der Waals surface area contributed by atoms with Crippen LogP contribution in [0.25, 0.3) is 16.9 Å². The van der Waals surface area contributed by atoms with E-state index in [1.165, 1.54) is 22.6 Å². The molecule has 6 heteroatoms. The molecule has 0 aliphatic heterocycles. The molecule has 4 rings (SSSR count). The van der Waals surface area contributed by atoms with E-state index in [1.54, 1.807) is 37.8 Å². The molecule has 0 atom stereocenters. The van der Waals surface area contributed by atoms with Gasteiger partial charge in [0.15, 0.2) is 5.65 Å².